The molecule has 0 aliphatic heterocycles. The molecule has 0 unspecified atom stereocenters. The predicted molar refractivity (Wildman–Crippen MR) is 116 cm³/mol. The second kappa shape index (κ2) is 9.11. The zero-order valence-corrected chi connectivity index (χ0v) is 17.4. The summed E-state index contributed by atoms with van der Waals surface area (Å²) in [5.74, 6) is 1.80. The Bertz CT molecular complexity index is 1120. The molecule has 4 heterocycles. The van der Waals surface area contributed by atoms with Crippen LogP contribution in [0.4, 0.5) is 11.9 Å². The van der Waals surface area contributed by atoms with Gasteiger partial charge in [0.1, 0.15) is 5.69 Å². The summed E-state index contributed by atoms with van der Waals surface area (Å²) in [6.45, 7) is 4.41. The normalized spacial score (nSPS) is 12.4. The molecule has 0 aliphatic rings. The van der Waals surface area contributed by atoms with Crippen molar-refractivity contribution in [3.8, 4) is 11.5 Å². The molecule has 10 heteroatoms. The summed E-state index contributed by atoms with van der Waals surface area (Å²) >= 11 is 0. The number of rotatable bonds is 9. The largest absolute Gasteiger partial charge is 0.463 e. The van der Waals surface area contributed by atoms with E-state index in [-0.39, 0.29) is 19.1 Å². The van der Waals surface area contributed by atoms with Crippen LogP contribution in [0.5, 0.6) is 0 Å². The van der Waals surface area contributed by atoms with Gasteiger partial charge in [-0.25, -0.2) is 0 Å². The third-order valence-electron chi connectivity index (χ3n) is 4.77. The van der Waals surface area contributed by atoms with E-state index in [1.54, 1.807) is 23.2 Å². The maximum atomic E-state index is 9.63. The molecule has 0 spiro atoms. The van der Waals surface area contributed by atoms with E-state index in [0.29, 0.717) is 24.1 Å². The number of aromatic nitrogens is 5. The number of pyridine rings is 1. The van der Waals surface area contributed by atoms with E-state index >= 15 is 0 Å². The Kier molecular flexibility index (Phi) is 6.10. The topological polar surface area (TPSA) is 134 Å². The number of aliphatic hydroxyl groups excluding tert-OH is 2. The minimum Gasteiger partial charge on any atom is -0.463 e. The van der Waals surface area contributed by atoms with Gasteiger partial charge in [0, 0.05) is 24.8 Å². The molecular formula is C21H25N7O3. The number of nitrogens with one attached hydrogen (secondary N) is 2. The molecule has 4 aromatic rings. The molecule has 10 nitrogen and oxygen atoms in total. The number of furan rings is 1. The number of nitrogens with zero attached hydrogens (tertiary/aromatic N) is 5. The van der Waals surface area contributed by atoms with Gasteiger partial charge in [-0.1, -0.05) is 19.9 Å². The molecule has 1 atom stereocenters. The number of hydrogen-bond donors (Lipinski definition) is 4. The van der Waals surface area contributed by atoms with Crippen LogP contribution in [0, 0.1) is 0 Å². The molecule has 4 rings (SSSR count). The quantitative estimate of drug-likeness (QED) is 0.320. The lowest BCUT2D eigenvalue weighted by Gasteiger charge is -2.13. The van der Waals surface area contributed by atoms with Gasteiger partial charge in [-0.2, -0.15) is 19.6 Å². The number of fused-ring (bicyclic) bond motifs is 1. The average molecular weight is 423 g/mol. The van der Waals surface area contributed by atoms with Crippen molar-refractivity contribution in [3.63, 3.8) is 0 Å². The van der Waals surface area contributed by atoms with Gasteiger partial charge >= 0.3 is 0 Å². The molecule has 4 N–H and O–H groups in total. The van der Waals surface area contributed by atoms with Crippen molar-refractivity contribution in [2.24, 2.45) is 0 Å². The fourth-order valence-corrected chi connectivity index (χ4v) is 3.05. The average Bonchev–Trinajstić information content (AvgIpc) is 3.46. The van der Waals surface area contributed by atoms with Crippen LogP contribution in [0.2, 0.25) is 0 Å². The highest BCUT2D eigenvalue weighted by molar-refractivity contribution is 5.56. The number of anilines is 2. The van der Waals surface area contributed by atoms with E-state index in [4.69, 9.17) is 9.52 Å². The van der Waals surface area contributed by atoms with E-state index in [2.05, 4.69) is 44.5 Å². The van der Waals surface area contributed by atoms with E-state index < -0.39 is 6.10 Å². The SMILES string of the molecule is CC(C)c1cnn2c(NCc3ccc(-c4ccco4)nc3)nc(NC[C@H](O)CO)nc12. The standard InChI is InChI=1S/C21H25N7O3/c1-13(2)16-11-25-28-19(16)26-20(23-10-15(30)12-29)27-21(28)24-9-14-5-6-17(22-8-14)18-4-3-7-31-18/h3-8,11,13,15,29-30H,9-10,12H2,1-2H3,(H2,23,24,26,27)/t15-/m0/s1. The lowest BCUT2D eigenvalue weighted by Crippen LogP contribution is -2.24. The van der Waals surface area contributed by atoms with Crippen molar-refractivity contribution >= 4 is 17.5 Å². The Morgan fingerprint density at radius 2 is 2.00 bits per heavy atom. The van der Waals surface area contributed by atoms with Crippen LogP contribution in [0.3, 0.4) is 0 Å². The van der Waals surface area contributed by atoms with Gasteiger partial charge in [-0.15, -0.1) is 0 Å². The van der Waals surface area contributed by atoms with Crippen LogP contribution in [-0.4, -0.2) is 54.0 Å². The lowest BCUT2D eigenvalue weighted by molar-refractivity contribution is 0.105. The van der Waals surface area contributed by atoms with Crippen LogP contribution in [-0.2, 0) is 6.54 Å². The number of aliphatic hydroxyl groups is 2. The van der Waals surface area contributed by atoms with Gasteiger partial charge in [0.25, 0.3) is 0 Å². The summed E-state index contributed by atoms with van der Waals surface area (Å²) in [5.41, 5.74) is 3.39. The first kappa shape index (κ1) is 20.8. The van der Waals surface area contributed by atoms with Crippen molar-refractivity contribution in [2.45, 2.75) is 32.4 Å². The van der Waals surface area contributed by atoms with Gasteiger partial charge < -0.3 is 25.3 Å². The summed E-state index contributed by atoms with van der Waals surface area (Å²) in [6.07, 6.45) is 4.28. The summed E-state index contributed by atoms with van der Waals surface area (Å²) in [4.78, 5) is 13.5. The van der Waals surface area contributed by atoms with Crippen molar-refractivity contribution in [1.82, 2.24) is 24.6 Å². The molecule has 0 saturated carbocycles. The molecule has 0 amide bonds. The summed E-state index contributed by atoms with van der Waals surface area (Å²) in [5, 5.41) is 29.4. The van der Waals surface area contributed by atoms with Crippen LogP contribution in [0.1, 0.15) is 30.9 Å². The first-order valence-corrected chi connectivity index (χ1v) is 10.1. The zero-order valence-electron chi connectivity index (χ0n) is 17.4. The highest BCUT2D eigenvalue weighted by Crippen LogP contribution is 2.22. The summed E-state index contributed by atoms with van der Waals surface area (Å²) in [6, 6.07) is 7.56. The lowest BCUT2D eigenvalue weighted by atomic mass is 10.1. The smallest absolute Gasteiger partial charge is 0.229 e. The molecular weight excluding hydrogens is 398 g/mol. The number of hydrogen-bond acceptors (Lipinski definition) is 9. The second-order valence-electron chi connectivity index (χ2n) is 7.46. The molecule has 0 bridgehead atoms. The van der Waals surface area contributed by atoms with Gasteiger partial charge in [0.05, 0.1) is 25.2 Å². The molecule has 0 aliphatic carbocycles. The van der Waals surface area contributed by atoms with Crippen LogP contribution in [0.15, 0.2) is 47.3 Å². The van der Waals surface area contributed by atoms with E-state index in [9.17, 15) is 5.11 Å². The molecule has 4 aromatic heterocycles. The second-order valence-corrected chi connectivity index (χ2v) is 7.46. The van der Waals surface area contributed by atoms with Crippen molar-refractivity contribution in [2.75, 3.05) is 23.8 Å². The van der Waals surface area contributed by atoms with Crippen molar-refractivity contribution in [1.29, 1.82) is 0 Å². The molecule has 162 valence electrons. The van der Waals surface area contributed by atoms with Gasteiger partial charge in [-0.05, 0) is 29.7 Å². The molecule has 0 saturated heterocycles. The Balaban J connectivity index is 1.56. The highest BCUT2D eigenvalue weighted by atomic mass is 16.3. The maximum Gasteiger partial charge on any atom is 0.229 e. The van der Waals surface area contributed by atoms with E-state index in [0.717, 1.165) is 22.6 Å². The molecule has 0 fully saturated rings. The Morgan fingerprint density at radius 3 is 2.68 bits per heavy atom. The van der Waals surface area contributed by atoms with Crippen LogP contribution >= 0.6 is 0 Å². The third kappa shape index (κ3) is 4.65. The Labute approximate surface area is 179 Å². The molecule has 31 heavy (non-hydrogen) atoms. The zero-order chi connectivity index (χ0) is 21.8. The van der Waals surface area contributed by atoms with E-state index in [1.807, 2.05) is 24.3 Å². The van der Waals surface area contributed by atoms with Crippen LogP contribution < -0.4 is 10.6 Å². The van der Waals surface area contributed by atoms with Gasteiger partial charge in [-0.3, -0.25) is 4.98 Å². The summed E-state index contributed by atoms with van der Waals surface area (Å²) in [7, 11) is 0. The van der Waals surface area contributed by atoms with Gasteiger partial charge in [0.2, 0.25) is 11.9 Å². The first-order valence-electron chi connectivity index (χ1n) is 10.1. The minimum atomic E-state index is -0.899. The third-order valence-corrected chi connectivity index (χ3v) is 4.77. The fourth-order valence-electron chi connectivity index (χ4n) is 3.05. The molecule has 0 radical (unpaired) electrons. The summed E-state index contributed by atoms with van der Waals surface area (Å²) < 4.78 is 7.03. The van der Waals surface area contributed by atoms with Crippen molar-refractivity contribution < 1.29 is 14.6 Å². The van der Waals surface area contributed by atoms with E-state index in [1.165, 1.54) is 0 Å². The fraction of sp³-hybridized carbons (Fsp3) is 0.333. The first-order chi connectivity index (χ1) is 15.0. The Hall–Kier alpha value is -3.50. The van der Waals surface area contributed by atoms with Gasteiger partial charge in [0.15, 0.2) is 11.4 Å². The highest BCUT2D eigenvalue weighted by Gasteiger charge is 2.16. The molecule has 0 aromatic carbocycles. The Morgan fingerprint density at radius 1 is 1.13 bits per heavy atom. The predicted octanol–water partition coefficient (Wildman–Crippen LogP) is 2.28. The van der Waals surface area contributed by atoms with Crippen LogP contribution in [0.25, 0.3) is 17.1 Å². The monoisotopic (exact) mass is 423 g/mol. The van der Waals surface area contributed by atoms with Crippen molar-refractivity contribution in [3.05, 3.63) is 54.0 Å². The maximum absolute atomic E-state index is 9.63. The minimum absolute atomic E-state index is 0.134.